The average Bonchev–Trinajstić information content (AvgIpc) is 2.47. The van der Waals surface area contributed by atoms with E-state index in [0.717, 1.165) is 32.7 Å². The first kappa shape index (κ1) is 17.5. The van der Waals surface area contributed by atoms with E-state index in [0.29, 0.717) is 12.0 Å². The van der Waals surface area contributed by atoms with Gasteiger partial charge in [0.25, 0.3) is 0 Å². The summed E-state index contributed by atoms with van der Waals surface area (Å²) in [6.07, 6.45) is 1.21. The number of nitrogens with zero attached hydrogens (tertiary/aromatic N) is 2. The second-order valence-corrected chi connectivity index (χ2v) is 7.53. The van der Waals surface area contributed by atoms with Gasteiger partial charge in [0, 0.05) is 32.2 Å². The molecule has 22 heavy (non-hydrogen) atoms. The molecule has 1 aliphatic rings. The summed E-state index contributed by atoms with van der Waals surface area (Å²) in [5, 5.41) is 10.0. The van der Waals surface area contributed by atoms with Crippen LogP contribution < -0.4 is 0 Å². The van der Waals surface area contributed by atoms with Gasteiger partial charge in [0.1, 0.15) is 0 Å². The molecule has 2 rings (SSSR count). The zero-order valence-corrected chi connectivity index (χ0v) is 14.6. The van der Waals surface area contributed by atoms with Crippen molar-refractivity contribution in [1.29, 1.82) is 0 Å². The first-order valence-corrected chi connectivity index (χ1v) is 8.59. The highest BCUT2D eigenvalue weighted by atomic mass is 16.3. The van der Waals surface area contributed by atoms with Gasteiger partial charge in [0.2, 0.25) is 0 Å². The summed E-state index contributed by atoms with van der Waals surface area (Å²) in [6, 6.07) is 11.3. The Balaban J connectivity index is 1.77. The van der Waals surface area contributed by atoms with E-state index in [1.807, 2.05) is 13.8 Å². The Hall–Kier alpha value is -0.900. The van der Waals surface area contributed by atoms with Gasteiger partial charge in [-0.1, -0.05) is 37.3 Å². The van der Waals surface area contributed by atoms with Gasteiger partial charge in [-0.05, 0) is 45.2 Å². The van der Waals surface area contributed by atoms with Crippen LogP contribution in [0.2, 0.25) is 0 Å². The Kier molecular flexibility index (Phi) is 6.01. The van der Waals surface area contributed by atoms with Crippen LogP contribution in [0.3, 0.4) is 0 Å². The van der Waals surface area contributed by atoms with Crippen molar-refractivity contribution < 1.29 is 5.11 Å². The Bertz CT molecular complexity index is 440. The van der Waals surface area contributed by atoms with Gasteiger partial charge in [-0.25, -0.2) is 0 Å². The summed E-state index contributed by atoms with van der Waals surface area (Å²) < 4.78 is 0. The van der Waals surface area contributed by atoms with Crippen LogP contribution in [0.4, 0.5) is 0 Å². The molecule has 124 valence electrons. The van der Waals surface area contributed by atoms with Gasteiger partial charge in [0.05, 0.1) is 5.60 Å². The first-order valence-electron chi connectivity index (χ1n) is 8.59. The van der Waals surface area contributed by atoms with Crippen molar-refractivity contribution in [1.82, 2.24) is 9.80 Å². The van der Waals surface area contributed by atoms with Crippen LogP contribution in [0.1, 0.15) is 45.6 Å². The minimum Gasteiger partial charge on any atom is -0.389 e. The summed E-state index contributed by atoms with van der Waals surface area (Å²) in [7, 11) is 0. The van der Waals surface area contributed by atoms with E-state index in [1.165, 1.54) is 12.0 Å². The highest BCUT2D eigenvalue weighted by Gasteiger charge is 2.27. The predicted molar refractivity (Wildman–Crippen MR) is 93.2 cm³/mol. The van der Waals surface area contributed by atoms with Gasteiger partial charge in [-0.3, -0.25) is 4.90 Å². The summed E-state index contributed by atoms with van der Waals surface area (Å²) in [5.74, 6) is 0.617. The predicted octanol–water partition coefficient (Wildman–Crippen LogP) is 2.96. The zero-order valence-electron chi connectivity index (χ0n) is 14.6. The third-order valence-corrected chi connectivity index (χ3v) is 4.69. The van der Waals surface area contributed by atoms with Gasteiger partial charge in [-0.2, -0.15) is 0 Å². The van der Waals surface area contributed by atoms with Crippen LogP contribution in [0, 0.1) is 0 Å². The topological polar surface area (TPSA) is 26.7 Å². The van der Waals surface area contributed by atoms with Crippen molar-refractivity contribution in [3.8, 4) is 0 Å². The van der Waals surface area contributed by atoms with Gasteiger partial charge < -0.3 is 10.0 Å². The van der Waals surface area contributed by atoms with Crippen LogP contribution in [0.25, 0.3) is 0 Å². The Morgan fingerprint density at radius 3 is 2.50 bits per heavy atom. The summed E-state index contributed by atoms with van der Waals surface area (Å²) in [4.78, 5) is 4.99. The molecule has 0 radical (unpaired) electrons. The van der Waals surface area contributed by atoms with E-state index in [-0.39, 0.29) is 0 Å². The van der Waals surface area contributed by atoms with Crippen molar-refractivity contribution in [2.75, 3.05) is 32.7 Å². The molecular formula is C19H32N2O. The maximum atomic E-state index is 10.0. The number of hydrogen-bond acceptors (Lipinski definition) is 3. The fraction of sp³-hybridized carbons (Fsp3) is 0.684. The molecule has 0 saturated carbocycles. The fourth-order valence-corrected chi connectivity index (χ4v) is 3.33. The molecule has 2 atom stereocenters. The first-order chi connectivity index (χ1) is 10.3. The van der Waals surface area contributed by atoms with Crippen molar-refractivity contribution in [3.63, 3.8) is 0 Å². The third-order valence-electron chi connectivity index (χ3n) is 4.69. The molecule has 0 spiro atoms. The monoisotopic (exact) mass is 304 g/mol. The molecule has 0 aliphatic carbocycles. The van der Waals surface area contributed by atoms with Gasteiger partial charge in [0.15, 0.2) is 0 Å². The normalized spacial score (nSPS) is 22.7. The maximum Gasteiger partial charge on any atom is 0.0718 e. The number of aliphatic hydroxyl groups is 1. The number of hydrogen-bond donors (Lipinski definition) is 1. The Morgan fingerprint density at radius 1 is 1.23 bits per heavy atom. The summed E-state index contributed by atoms with van der Waals surface area (Å²) in [6.45, 7) is 13.6. The SMILES string of the molecule is C[C@@H]1CN(CC[C@H](C)c2ccccc2)CCN1CC(C)(C)O. The molecule has 1 aromatic carbocycles. The van der Waals surface area contributed by atoms with Crippen LogP contribution in [-0.4, -0.2) is 59.3 Å². The number of piperazine rings is 1. The van der Waals surface area contributed by atoms with E-state index < -0.39 is 5.60 Å². The molecule has 0 bridgehead atoms. The Morgan fingerprint density at radius 2 is 1.91 bits per heavy atom. The highest BCUT2D eigenvalue weighted by Crippen LogP contribution is 2.20. The smallest absolute Gasteiger partial charge is 0.0718 e. The third kappa shape index (κ3) is 5.38. The molecule has 0 unspecified atom stereocenters. The lowest BCUT2D eigenvalue weighted by Crippen LogP contribution is -2.55. The van der Waals surface area contributed by atoms with E-state index in [9.17, 15) is 5.11 Å². The Labute approximate surface area is 135 Å². The van der Waals surface area contributed by atoms with Crippen molar-refractivity contribution >= 4 is 0 Å². The molecule has 1 N–H and O–H groups in total. The lowest BCUT2D eigenvalue weighted by molar-refractivity contribution is -0.00393. The lowest BCUT2D eigenvalue weighted by atomic mass is 9.97. The summed E-state index contributed by atoms with van der Waals surface area (Å²) >= 11 is 0. The molecule has 1 fully saturated rings. The highest BCUT2D eigenvalue weighted by molar-refractivity contribution is 5.18. The van der Waals surface area contributed by atoms with E-state index in [1.54, 1.807) is 0 Å². The molecule has 0 aromatic heterocycles. The van der Waals surface area contributed by atoms with E-state index >= 15 is 0 Å². The maximum absolute atomic E-state index is 10.0. The zero-order chi connectivity index (χ0) is 16.2. The quantitative estimate of drug-likeness (QED) is 0.875. The van der Waals surface area contributed by atoms with Crippen molar-refractivity contribution in [2.45, 2.75) is 51.7 Å². The lowest BCUT2D eigenvalue weighted by Gasteiger charge is -2.42. The summed E-state index contributed by atoms with van der Waals surface area (Å²) in [5.41, 5.74) is 0.842. The van der Waals surface area contributed by atoms with Gasteiger partial charge in [-0.15, -0.1) is 0 Å². The van der Waals surface area contributed by atoms with Crippen LogP contribution in [0.15, 0.2) is 30.3 Å². The fourth-order valence-electron chi connectivity index (χ4n) is 3.33. The molecule has 0 amide bonds. The van der Waals surface area contributed by atoms with Crippen molar-refractivity contribution in [3.05, 3.63) is 35.9 Å². The van der Waals surface area contributed by atoms with Crippen LogP contribution in [0.5, 0.6) is 0 Å². The molecule has 3 heteroatoms. The molecule has 1 aromatic rings. The molecular weight excluding hydrogens is 272 g/mol. The second kappa shape index (κ2) is 7.58. The number of rotatable bonds is 6. The molecule has 1 heterocycles. The van der Waals surface area contributed by atoms with E-state index in [2.05, 4.69) is 54.0 Å². The number of β-amino-alcohol motifs (C(OH)–C–C–N with tert-alkyl or cyclic N) is 1. The largest absolute Gasteiger partial charge is 0.389 e. The minimum absolute atomic E-state index is 0.521. The molecule has 1 saturated heterocycles. The van der Waals surface area contributed by atoms with Gasteiger partial charge >= 0.3 is 0 Å². The standard InChI is InChI=1S/C19H32N2O/c1-16(18-8-6-5-7-9-18)10-11-20-12-13-21(17(2)14-20)15-19(3,4)22/h5-9,16-17,22H,10-15H2,1-4H3/t16-,17+/m0/s1. The van der Waals surface area contributed by atoms with Crippen molar-refractivity contribution in [2.24, 2.45) is 0 Å². The molecule has 1 aliphatic heterocycles. The average molecular weight is 304 g/mol. The second-order valence-electron chi connectivity index (χ2n) is 7.53. The number of benzene rings is 1. The van der Waals surface area contributed by atoms with Crippen LogP contribution in [-0.2, 0) is 0 Å². The van der Waals surface area contributed by atoms with Crippen LogP contribution >= 0.6 is 0 Å². The molecule has 3 nitrogen and oxygen atoms in total. The minimum atomic E-state index is -0.599. The van der Waals surface area contributed by atoms with E-state index in [4.69, 9.17) is 0 Å².